The lowest BCUT2D eigenvalue weighted by atomic mass is 10.0. The molecule has 0 aromatic carbocycles. The zero-order valence-corrected chi connectivity index (χ0v) is 12.7. The van der Waals surface area contributed by atoms with E-state index in [0.717, 1.165) is 25.9 Å². The maximum absolute atomic E-state index is 12.0. The van der Waals surface area contributed by atoms with E-state index in [4.69, 9.17) is 10.9 Å². The first-order valence-corrected chi connectivity index (χ1v) is 8.91. The number of likely N-dealkylation sites (tertiary alicyclic amines) is 1. The van der Waals surface area contributed by atoms with E-state index in [9.17, 15) is 13.2 Å². The number of carbonyl (C=O) groups excluding carboxylic acids is 1. The highest BCUT2D eigenvalue weighted by atomic mass is 32.2. The Kier molecular flexibility index (Phi) is 5.04. The fraction of sp³-hybridized carbons (Fsp3) is 0.833. The predicted octanol–water partition coefficient (Wildman–Crippen LogP) is -1.25. The van der Waals surface area contributed by atoms with Gasteiger partial charge in [0, 0.05) is 19.1 Å². The van der Waals surface area contributed by atoms with Gasteiger partial charge in [0.2, 0.25) is 5.91 Å². The number of amides is 1. The summed E-state index contributed by atoms with van der Waals surface area (Å²) >= 11 is 0. The van der Waals surface area contributed by atoms with Gasteiger partial charge in [0.1, 0.15) is 0 Å². The first-order valence-electron chi connectivity index (χ1n) is 7.09. The molecule has 4 N–H and O–H groups in total. The van der Waals surface area contributed by atoms with Crippen molar-refractivity contribution < 1.29 is 18.4 Å². The third-order valence-corrected chi connectivity index (χ3v) is 5.82. The summed E-state index contributed by atoms with van der Waals surface area (Å²) < 4.78 is 22.8. The van der Waals surface area contributed by atoms with Crippen molar-refractivity contribution in [3.05, 3.63) is 0 Å². The lowest BCUT2D eigenvalue weighted by molar-refractivity contribution is -0.125. The van der Waals surface area contributed by atoms with E-state index in [0.29, 0.717) is 13.0 Å². The van der Waals surface area contributed by atoms with Crippen molar-refractivity contribution >= 4 is 21.6 Å². The van der Waals surface area contributed by atoms with Gasteiger partial charge in [-0.25, -0.2) is 8.42 Å². The van der Waals surface area contributed by atoms with E-state index in [1.54, 1.807) is 0 Å². The molecule has 8 nitrogen and oxygen atoms in total. The number of carbonyl (C=O) groups is 1. The van der Waals surface area contributed by atoms with E-state index in [2.05, 4.69) is 15.4 Å². The van der Waals surface area contributed by atoms with Crippen LogP contribution in [0.2, 0.25) is 0 Å². The molecule has 0 aromatic heterocycles. The van der Waals surface area contributed by atoms with Crippen LogP contribution in [0.3, 0.4) is 0 Å². The Balaban J connectivity index is 1.75. The third kappa shape index (κ3) is 4.57. The smallest absolute Gasteiger partial charge is 0.224 e. The number of oxime groups is 1. The molecule has 1 unspecified atom stereocenters. The van der Waals surface area contributed by atoms with Crippen LogP contribution in [0.25, 0.3) is 0 Å². The molecular formula is C12H22N4O4S. The van der Waals surface area contributed by atoms with Gasteiger partial charge >= 0.3 is 0 Å². The molecule has 2 heterocycles. The largest absolute Gasteiger partial charge is 0.409 e. The molecule has 1 amide bonds. The lowest BCUT2D eigenvalue weighted by Gasteiger charge is -2.32. The summed E-state index contributed by atoms with van der Waals surface area (Å²) in [6.07, 6.45) is 1.99. The summed E-state index contributed by atoms with van der Waals surface area (Å²) in [4.78, 5) is 14.1. The summed E-state index contributed by atoms with van der Waals surface area (Å²) in [5.74, 6) is -0.283. The van der Waals surface area contributed by atoms with Gasteiger partial charge in [0.25, 0.3) is 0 Å². The number of hydrogen-bond donors (Lipinski definition) is 3. The Morgan fingerprint density at radius 2 is 2.00 bits per heavy atom. The highest BCUT2D eigenvalue weighted by Gasteiger charge is 2.34. The second kappa shape index (κ2) is 6.61. The SMILES string of the molecule is NC(CN1CCC(NC(=O)C2CCS(=O)(=O)C2)CC1)=NO. The summed E-state index contributed by atoms with van der Waals surface area (Å²) in [6, 6.07) is 0.0735. The predicted molar refractivity (Wildman–Crippen MR) is 77.8 cm³/mol. The number of rotatable bonds is 4. The Bertz CT molecular complexity index is 511. The average molecular weight is 318 g/mol. The molecule has 2 aliphatic rings. The standard InChI is InChI=1S/C12H22N4O4S/c13-11(15-18)7-16-4-1-10(2-5-16)14-12(17)9-3-6-21(19,20)8-9/h9-10,18H,1-8H2,(H2,13,15)(H,14,17). The van der Waals surface area contributed by atoms with Crippen LogP contribution in [0.1, 0.15) is 19.3 Å². The molecule has 2 rings (SSSR count). The molecule has 120 valence electrons. The third-order valence-electron chi connectivity index (χ3n) is 4.05. The van der Waals surface area contributed by atoms with E-state index in [-0.39, 0.29) is 29.3 Å². The molecule has 2 fully saturated rings. The van der Waals surface area contributed by atoms with Crippen molar-refractivity contribution in [1.29, 1.82) is 0 Å². The average Bonchev–Trinajstić information content (AvgIpc) is 2.81. The summed E-state index contributed by atoms with van der Waals surface area (Å²) in [5.41, 5.74) is 5.46. The fourth-order valence-electron chi connectivity index (χ4n) is 2.82. The topological polar surface area (TPSA) is 125 Å². The second-order valence-corrected chi connectivity index (χ2v) is 7.98. The first-order chi connectivity index (χ1) is 9.89. The van der Waals surface area contributed by atoms with Crippen LogP contribution < -0.4 is 11.1 Å². The van der Waals surface area contributed by atoms with E-state index in [1.165, 1.54) is 0 Å². The molecule has 9 heteroatoms. The maximum Gasteiger partial charge on any atom is 0.224 e. The lowest BCUT2D eigenvalue weighted by Crippen LogP contribution is -2.48. The van der Waals surface area contributed by atoms with Crippen LogP contribution >= 0.6 is 0 Å². The summed E-state index contributed by atoms with van der Waals surface area (Å²) in [7, 11) is -3.03. The van der Waals surface area contributed by atoms with Crippen LogP contribution in [-0.4, -0.2) is 67.4 Å². The number of amidine groups is 1. The normalized spacial score (nSPS) is 27.6. The minimum atomic E-state index is -3.03. The molecule has 0 bridgehead atoms. The number of nitrogens with two attached hydrogens (primary N) is 1. The Morgan fingerprint density at radius 3 is 2.52 bits per heavy atom. The number of nitrogens with one attached hydrogen (secondary N) is 1. The monoisotopic (exact) mass is 318 g/mol. The van der Waals surface area contributed by atoms with Crippen molar-refractivity contribution in [3.63, 3.8) is 0 Å². The van der Waals surface area contributed by atoms with Crippen molar-refractivity contribution in [2.45, 2.75) is 25.3 Å². The fourth-order valence-corrected chi connectivity index (χ4v) is 4.56. The Morgan fingerprint density at radius 1 is 1.33 bits per heavy atom. The van der Waals surface area contributed by atoms with Gasteiger partial charge in [-0.05, 0) is 19.3 Å². The first kappa shape index (κ1) is 16.0. The zero-order chi connectivity index (χ0) is 15.5. The summed E-state index contributed by atoms with van der Waals surface area (Å²) in [6.45, 7) is 1.92. The number of piperidine rings is 1. The van der Waals surface area contributed by atoms with Crippen LogP contribution in [0, 0.1) is 5.92 Å². The van der Waals surface area contributed by atoms with Gasteiger partial charge in [-0.2, -0.15) is 0 Å². The molecule has 0 spiro atoms. The minimum absolute atomic E-state index is 0.0266. The van der Waals surface area contributed by atoms with Gasteiger partial charge in [0.15, 0.2) is 15.7 Å². The molecule has 0 saturated carbocycles. The van der Waals surface area contributed by atoms with Gasteiger partial charge in [-0.3, -0.25) is 9.69 Å². The van der Waals surface area contributed by atoms with E-state index in [1.807, 2.05) is 0 Å². The molecule has 0 radical (unpaired) electrons. The molecule has 0 aromatic rings. The Hall–Kier alpha value is -1.35. The van der Waals surface area contributed by atoms with Crippen LogP contribution in [0.4, 0.5) is 0 Å². The molecular weight excluding hydrogens is 296 g/mol. The van der Waals surface area contributed by atoms with Gasteiger partial charge in [-0.15, -0.1) is 0 Å². The number of sulfone groups is 1. The highest BCUT2D eigenvalue weighted by Crippen LogP contribution is 2.19. The van der Waals surface area contributed by atoms with Gasteiger partial charge in [0.05, 0.1) is 24.0 Å². The number of nitrogens with zero attached hydrogens (tertiary/aromatic N) is 2. The zero-order valence-electron chi connectivity index (χ0n) is 11.9. The van der Waals surface area contributed by atoms with Crippen molar-refractivity contribution in [3.8, 4) is 0 Å². The minimum Gasteiger partial charge on any atom is -0.409 e. The quantitative estimate of drug-likeness (QED) is 0.257. The molecule has 2 saturated heterocycles. The van der Waals surface area contributed by atoms with E-state index < -0.39 is 15.8 Å². The van der Waals surface area contributed by atoms with Crippen LogP contribution in [0.5, 0.6) is 0 Å². The summed E-state index contributed by atoms with van der Waals surface area (Å²) in [5, 5.41) is 14.4. The van der Waals surface area contributed by atoms with Crippen molar-refractivity contribution in [1.82, 2.24) is 10.2 Å². The van der Waals surface area contributed by atoms with Gasteiger partial charge < -0.3 is 16.3 Å². The highest BCUT2D eigenvalue weighted by molar-refractivity contribution is 7.91. The number of hydrogen-bond acceptors (Lipinski definition) is 6. The van der Waals surface area contributed by atoms with Gasteiger partial charge in [-0.1, -0.05) is 5.16 Å². The molecule has 0 aliphatic carbocycles. The molecule has 1 atom stereocenters. The van der Waals surface area contributed by atoms with Crippen LogP contribution in [0.15, 0.2) is 5.16 Å². The van der Waals surface area contributed by atoms with E-state index >= 15 is 0 Å². The maximum atomic E-state index is 12.0. The van der Waals surface area contributed by atoms with Crippen molar-refractivity contribution in [2.75, 3.05) is 31.1 Å². The second-order valence-electron chi connectivity index (χ2n) is 5.75. The molecule has 21 heavy (non-hydrogen) atoms. The molecule has 2 aliphatic heterocycles. The van der Waals surface area contributed by atoms with Crippen molar-refractivity contribution in [2.24, 2.45) is 16.8 Å². The van der Waals surface area contributed by atoms with Crippen LogP contribution in [-0.2, 0) is 14.6 Å². The Labute approximate surface area is 124 Å².